The van der Waals surface area contributed by atoms with Crippen molar-refractivity contribution in [1.29, 1.82) is 0 Å². The predicted octanol–water partition coefficient (Wildman–Crippen LogP) is 6.56. The molecular formula is C24H36O2. The van der Waals surface area contributed by atoms with E-state index in [-0.39, 0.29) is 5.41 Å². The number of unbranched alkanes of at least 4 members (excludes halogenated alkanes) is 2. The van der Waals surface area contributed by atoms with E-state index in [0.29, 0.717) is 6.42 Å². The Balaban J connectivity index is 1.28. The summed E-state index contributed by atoms with van der Waals surface area (Å²) in [5.74, 6) is -0.625. The molecule has 0 atom stereocenters. The van der Waals surface area contributed by atoms with E-state index in [1.807, 2.05) is 0 Å². The number of aryl methyl sites for hydroxylation is 2. The summed E-state index contributed by atoms with van der Waals surface area (Å²) in [6.45, 7) is 2.35. The maximum Gasteiger partial charge on any atom is 0.303 e. The van der Waals surface area contributed by atoms with Crippen molar-refractivity contribution < 1.29 is 9.90 Å². The Hall–Kier alpha value is -1.31. The highest BCUT2D eigenvalue weighted by atomic mass is 16.4. The van der Waals surface area contributed by atoms with Gasteiger partial charge in [0.2, 0.25) is 0 Å². The van der Waals surface area contributed by atoms with Gasteiger partial charge in [-0.25, -0.2) is 0 Å². The SMILES string of the molecule is CCC1(CCCCc2ccc(CCCCC3(CC(=O)O)CC3)cc2)CC1. The van der Waals surface area contributed by atoms with Gasteiger partial charge in [-0.1, -0.05) is 50.5 Å². The fourth-order valence-electron chi connectivity index (χ4n) is 4.50. The second-order valence-electron chi connectivity index (χ2n) is 9.15. The van der Waals surface area contributed by atoms with Crippen LogP contribution in [0.1, 0.15) is 95.1 Å². The zero-order valence-electron chi connectivity index (χ0n) is 16.6. The van der Waals surface area contributed by atoms with E-state index in [1.165, 1.54) is 62.5 Å². The highest BCUT2D eigenvalue weighted by Crippen LogP contribution is 2.53. The third-order valence-corrected chi connectivity index (χ3v) is 7.06. The fraction of sp³-hybridized carbons (Fsp3) is 0.708. The maximum atomic E-state index is 10.9. The standard InChI is InChI=1S/C24H36O2/c1-2-23(15-16-23)13-5-3-7-20-9-11-21(12-10-20)8-4-6-14-24(17-18-24)19-22(25)26/h9-12H,2-8,13-19H2,1H3,(H,25,26). The summed E-state index contributed by atoms with van der Waals surface area (Å²) in [5.41, 5.74) is 3.81. The highest BCUT2D eigenvalue weighted by molar-refractivity contribution is 5.68. The molecule has 1 aromatic rings. The monoisotopic (exact) mass is 356 g/mol. The summed E-state index contributed by atoms with van der Waals surface area (Å²) >= 11 is 0. The van der Waals surface area contributed by atoms with Gasteiger partial charge in [0.25, 0.3) is 0 Å². The van der Waals surface area contributed by atoms with E-state index < -0.39 is 5.97 Å². The van der Waals surface area contributed by atoms with Crippen molar-refractivity contribution in [1.82, 2.24) is 0 Å². The van der Waals surface area contributed by atoms with Crippen LogP contribution >= 0.6 is 0 Å². The molecule has 2 aliphatic carbocycles. The van der Waals surface area contributed by atoms with Gasteiger partial charge in [-0.05, 0) is 86.2 Å². The summed E-state index contributed by atoms with van der Waals surface area (Å²) in [7, 11) is 0. The fourth-order valence-corrected chi connectivity index (χ4v) is 4.50. The Morgan fingerprint density at radius 1 is 0.846 bits per heavy atom. The van der Waals surface area contributed by atoms with Crippen LogP contribution in [0, 0.1) is 10.8 Å². The molecule has 0 heterocycles. The van der Waals surface area contributed by atoms with Crippen molar-refractivity contribution in [2.24, 2.45) is 10.8 Å². The minimum Gasteiger partial charge on any atom is -0.481 e. The molecular weight excluding hydrogens is 320 g/mol. The molecule has 0 aromatic heterocycles. The van der Waals surface area contributed by atoms with Crippen LogP contribution in [0.3, 0.4) is 0 Å². The molecule has 2 aliphatic rings. The van der Waals surface area contributed by atoms with Crippen molar-refractivity contribution in [3.63, 3.8) is 0 Å². The molecule has 1 aromatic carbocycles. The second kappa shape index (κ2) is 8.59. The minimum absolute atomic E-state index is 0.159. The van der Waals surface area contributed by atoms with E-state index in [1.54, 1.807) is 0 Å². The largest absolute Gasteiger partial charge is 0.481 e. The molecule has 0 radical (unpaired) electrons. The van der Waals surface area contributed by atoms with Crippen molar-refractivity contribution in [3.8, 4) is 0 Å². The first kappa shape index (κ1) is 19.5. The normalized spacial score (nSPS) is 19.3. The van der Waals surface area contributed by atoms with E-state index >= 15 is 0 Å². The first-order valence-corrected chi connectivity index (χ1v) is 10.8. The lowest BCUT2D eigenvalue weighted by Crippen LogP contribution is -2.08. The Bertz CT molecular complexity index is 579. The second-order valence-corrected chi connectivity index (χ2v) is 9.15. The first-order chi connectivity index (χ1) is 12.5. The summed E-state index contributed by atoms with van der Waals surface area (Å²) in [4.78, 5) is 10.9. The molecule has 0 bridgehead atoms. The predicted molar refractivity (Wildman–Crippen MR) is 107 cm³/mol. The van der Waals surface area contributed by atoms with Crippen LogP contribution in [0.2, 0.25) is 0 Å². The number of hydrogen-bond acceptors (Lipinski definition) is 1. The Kier molecular flexibility index (Phi) is 6.42. The smallest absolute Gasteiger partial charge is 0.303 e. The minimum atomic E-state index is -0.625. The van der Waals surface area contributed by atoms with Gasteiger partial charge in [-0.2, -0.15) is 0 Å². The van der Waals surface area contributed by atoms with Crippen LogP contribution in [-0.4, -0.2) is 11.1 Å². The lowest BCUT2D eigenvalue weighted by molar-refractivity contribution is -0.138. The summed E-state index contributed by atoms with van der Waals surface area (Å²) in [6, 6.07) is 9.23. The van der Waals surface area contributed by atoms with Crippen LogP contribution in [0.5, 0.6) is 0 Å². The molecule has 2 heteroatoms. The van der Waals surface area contributed by atoms with Gasteiger partial charge in [-0.3, -0.25) is 4.79 Å². The van der Waals surface area contributed by atoms with Crippen LogP contribution in [0.4, 0.5) is 0 Å². The molecule has 1 N–H and O–H groups in total. The molecule has 26 heavy (non-hydrogen) atoms. The molecule has 144 valence electrons. The molecule has 0 saturated heterocycles. The van der Waals surface area contributed by atoms with Gasteiger partial charge in [0.15, 0.2) is 0 Å². The summed E-state index contributed by atoms with van der Waals surface area (Å²) in [6.07, 6.45) is 16.8. The molecule has 2 nitrogen and oxygen atoms in total. The van der Waals surface area contributed by atoms with Gasteiger partial charge in [-0.15, -0.1) is 0 Å². The average molecular weight is 357 g/mol. The van der Waals surface area contributed by atoms with E-state index in [2.05, 4.69) is 31.2 Å². The van der Waals surface area contributed by atoms with Crippen molar-refractivity contribution in [2.45, 2.75) is 96.8 Å². The van der Waals surface area contributed by atoms with E-state index in [0.717, 1.165) is 37.5 Å². The van der Waals surface area contributed by atoms with Crippen molar-refractivity contribution in [2.75, 3.05) is 0 Å². The molecule has 2 fully saturated rings. The molecule has 0 spiro atoms. The summed E-state index contributed by atoms with van der Waals surface area (Å²) < 4.78 is 0. The van der Waals surface area contributed by atoms with Crippen molar-refractivity contribution >= 4 is 5.97 Å². The number of hydrogen-bond donors (Lipinski definition) is 1. The number of carbonyl (C=O) groups is 1. The zero-order chi connectivity index (χ0) is 18.5. The number of benzene rings is 1. The van der Waals surface area contributed by atoms with Gasteiger partial charge >= 0.3 is 5.97 Å². The van der Waals surface area contributed by atoms with Gasteiger partial charge < -0.3 is 5.11 Å². The molecule has 2 saturated carbocycles. The first-order valence-electron chi connectivity index (χ1n) is 10.8. The third kappa shape index (κ3) is 5.86. The Morgan fingerprint density at radius 3 is 1.69 bits per heavy atom. The number of carboxylic acids is 1. The third-order valence-electron chi connectivity index (χ3n) is 7.06. The lowest BCUT2D eigenvalue weighted by Gasteiger charge is -2.12. The number of aliphatic carboxylic acids is 1. The van der Waals surface area contributed by atoms with Crippen LogP contribution in [-0.2, 0) is 17.6 Å². The topological polar surface area (TPSA) is 37.3 Å². The highest BCUT2D eigenvalue weighted by Gasteiger charge is 2.43. The lowest BCUT2D eigenvalue weighted by atomic mass is 9.93. The number of carboxylic acid groups (broad SMARTS) is 1. The van der Waals surface area contributed by atoms with Crippen LogP contribution in [0.15, 0.2) is 24.3 Å². The number of rotatable bonds is 13. The van der Waals surface area contributed by atoms with Gasteiger partial charge in [0, 0.05) is 0 Å². The quantitative estimate of drug-likeness (QED) is 0.406. The van der Waals surface area contributed by atoms with Crippen LogP contribution < -0.4 is 0 Å². The molecule has 3 rings (SSSR count). The van der Waals surface area contributed by atoms with Crippen LogP contribution in [0.25, 0.3) is 0 Å². The van der Waals surface area contributed by atoms with E-state index in [4.69, 9.17) is 5.11 Å². The van der Waals surface area contributed by atoms with Crippen molar-refractivity contribution in [3.05, 3.63) is 35.4 Å². The van der Waals surface area contributed by atoms with E-state index in [9.17, 15) is 4.79 Å². The Morgan fingerprint density at radius 2 is 1.31 bits per heavy atom. The summed E-state index contributed by atoms with van der Waals surface area (Å²) in [5, 5.41) is 8.98. The molecule has 0 amide bonds. The molecule has 0 unspecified atom stereocenters. The molecule has 0 aliphatic heterocycles. The maximum absolute atomic E-state index is 10.9. The van der Waals surface area contributed by atoms with Gasteiger partial charge in [0.1, 0.15) is 0 Å². The Labute approximate surface area is 159 Å². The average Bonchev–Trinajstić information content (AvgIpc) is 3.54. The zero-order valence-corrected chi connectivity index (χ0v) is 16.6. The van der Waals surface area contributed by atoms with Gasteiger partial charge in [0.05, 0.1) is 6.42 Å².